The minimum Gasteiger partial charge on any atom is -0.399 e. The molecule has 1 rings (SSSR count). The summed E-state index contributed by atoms with van der Waals surface area (Å²) in [6.07, 6.45) is 2.57. The van der Waals surface area contributed by atoms with E-state index in [1.807, 2.05) is 6.07 Å². The molecule has 3 N–H and O–H groups in total. The summed E-state index contributed by atoms with van der Waals surface area (Å²) >= 11 is 5.97. The molecule has 0 spiro atoms. The van der Waals surface area contributed by atoms with E-state index in [2.05, 4.69) is 5.32 Å². The molecule has 0 aliphatic rings. The number of rotatable bonds is 5. The molecule has 0 saturated carbocycles. The predicted octanol–water partition coefficient (Wildman–Crippen LogP) is 2.10. The van der Waals surface area contributed by atoms with Gasteiger partial charge in [-0.1, -0.05) is 11.6 Å². The first-order valence-corrected chi connectivity index (χ1v) is 6.79. The van der Waals surface area contributed by atoms with E-state index in [0.717, 1.165) is 18.7 Å². The summed E-state index contributed by atoms with van der Waals surface area (Å²) in [7, 11) is -0.725. The van der Waals surface area contributed by atoms with Crippen molar-refractivity contribution in [3.8, 4) is 0 Å². The van der Waals surface area contributed by atoms with Gasteiger partial charge in [0.1, 0.15) is 0 Å². The molecule has 0 heterocycles. The van der Waals surface area contributed by atoms with Crippen LogP contribution in [0.1, 0.15) is 6.42 Å². The molecule has 1 unspecified atom stereocenters. The lowest BCUT2D eigenvalue weighted by Gasteiger charge is -2.08. The summed E-state index contributed by atoms with van der Waals surface area (Å²) in [5.41, 5.74) is 7.09. The van der Waals surface area contributed by atoms with Crippen LogP contribution in [0.4, 0.5) is 11.4 Å². The Morgan fingerprint density at radius 1 is 1.53 bits per heavy atom. The maximum atomic E-state index is 10.8. The second kappa shape index (κ2) is 5.98. The summed E-state index contributed by atoms with van der Waals surface area (Å²) in [5, 5.41) is 3.79. The highest BCUT2D eigenvalue weighted by Crippen LogP contribution is 2.23. The summed E-state index contributed by atoms with van der Waals surface area (Å²) in [6.45, 7) is 0.767. The van der Waals surface area contributed by atoms with E-state index in [-0.39, 0.29) is 0 Å². The zero-order chi connectivity index (χ0) is 11.3. The molecule has 3 nitrogen and oxygen atoms in total. The van der Waals surface area contributed by atoms with Crippen LogP contribution in [0.15, 0.2) is 18.2 Å². The fourth-order valence-electron chi connectivity index (χ4n) is 1.17. The maximum absolute atomic E-state index is 10.8. The second-order valence-electron chi connectivity index (χ2n) is 3.30. The Balaban J connectivity index is 2.40. The predicted molar refractivity (Wildman–Crippen MR) is 67.9 cm³/mol. The van der Waals surface area contributed by atoms with Crippen LogP contribution in [0.3, 0.4) is 0 Å². The van der Waals surface area contributed by atoms with Crippen LogP contribution >= 0.6 is 11.6 Å². The highest BCUT2D eigenvalue weighted by atomic mass is 35.5. The van der Waals surface area contributed by atoms with Gasteiger partial charge in [-0.3, -0.25) is 4.21 Å². The zero-order valence-electron chi connectivity index (χ0n) is 8.63. The average molecular weight is 247 g/mol. The van der Waals surface area contributed by atoms with Crippen LogP contribution in [0.2, 0.25) is 5.02 Å². The van der Waals surface area contributed by atoms with Crippen molar-refractivity contribution in [1.29, 1.82) is 0 Å². The van der Waals surface area contributed by atoms with Gasteiger partial charge in [-0.25, -0.2) is 0 Å². The Bertz CT molecular complexity index is 357. The third-order valence-corrected chi connectivity index (χ3v) is 3.09. The summed E-state index contributed by atoms with van der Waals surface area (Å²) in [6, 6.07) is 5.36. The minimum atomic E-state index is -0.725. The lowest BCUT2D eigenvalue weighted by atomic mass is 10.3. The second-order valence-corrected chi connectivity index (χ2v) is 5.26. The lowest BCUT2D eigenvalue weighted by molar-refractivity contribution is 0.685. The summed E-state index contributed by atoms with van der Waals surface area (Å²) in [4.78, 5) is 0. The average Bonchev–Trinajstić information content (AvgIpc) is 2.14. The molecule has 0 radical (unpaired) electrons. The zero-order valence-corrected chi connectivity index (χ0v) is 10.2. The smallest absolute Gasteiger partial charge is 0.0657 e. The van der Waals surface area contributed by atoms with Gasteiger partial charge in [0, 0.05) is 35.0 Å². The fourth-order valence-corrected chi connectivity index (χ4v) is 1.98. The van der Waals surface area contributed by atoms with E-state index in [1.54, 1.807) is 18.4 Å². The van der Waals surface area contributed by atoms with Gasteiger partial charge in [0.2, 0.25) is 0 Å². The van der Waals surface area contributed by atoms with Crippen LogP contribution in [-0.2, 0) is 10.8 Å². The van der Waals surface area contributed by atoms with Gasteiger partial charge in [0.05, 0.1) is 10.7 Å². The molecule has 1 aromatic carbocycles. The largest absolute Gasteiger partial charge is 0.399 e. The monoisotopic (exact) mass is 246 g/mol. The Morgan fingerprint density at radius 2 is 2.27 bits per heavy atom. The van der Waals surface area contributed by atoms with E-state index in [1.165, 1.54) is 0 Å². The van der Waals surface area contributed by atoms with Crippen molar-refractivity contribution in [2.24, 2.45) is 0 Å². The number of nitrogens with one attached hydrogen (secondary N) is 1. The van der Waals surface area contributed by atoms with Gasteiger partial charge in [0.15, 0.2) is 0 Å². The van der Waals surface area contributed by atoms with Gasteiger partial charge in [-0.05, 0) is 24.6 Å². The third-order valence-electron chi connectivity index (χ3n) is 1.92. The SMILES string of the molecule is CS(=O)CCCNc1ccc(N)cc1Cl. The number of nitrogen functional groups attached to an aromatic ring is 1. The normalized spacial score (nSPS) is 12.4. The fraction of sp³-hybridized carbons (Fsp3) is 0.400. The molecule has 5 heteroatoms. The molecule has 0 fully saturated rings. The molecule has 1 aromatic rings. The molecule has 0 bridgehead atoms. The molecule has 0 aliphatic heterocycles. The van der Waals surface area contributed by atoms with Crippen molar-refractivity contribution in [2.45, 2.75) is 6.42 Å². The number of hydrogen-bond donors (Lipinski definition) is 2. The minimum absolute atomic E-state index is 0.618. The first-order valence-electron chi connectivity index (χ1n) is 4.68. The van der Waals surface area contributed by atoms with Gasteiger partial charge < -0.3 is 11.1 Å². The Morgan fingerprint density at radius 3 is 2.87 bits per heavy atom. The van der Waals surface area contributed by atoms with Gasteiger partial charge >= 0.3 is 0 Å². The quantitative estimate of drug-likeness (QED) is 0.618. The van der Waals surface area contributed by atoms with Gasteiger partial charge in [-0.15, -0.1) is 0 Å². The van der Waals surface area contributed by atoms with Crippen LogP contribution in [0.5, 0.6) is 0 Å². The van der Waals surface area contributed by atoms with Gasteiger partial charge in [0.25, 0.3) is 0 Å². The van der Waals surface area contributed by atoms with Crippen molar-refractivity contribution in [3.63, 3.8) is 0 Å². The molecule has 15 heavy (non-hydrogen) atoms. The lowest BCUT2D eigenvalue weighted by Crippen LogP contribution is -2.06. The number of anilines is 2. The molecule has 84 valence electrons. The van der Waals surface area contributed by atoms with E-state index in [0.29, 0.717) is 16.5 Å². The standard InChI is InChI=1S/C10H15ClN2OS/c1-15(14)6-2-5-13-10-4-3-8(12)7-9(10)11/h3-4,7,13H,2,5-6,12H2,1H3. The van der Waals surface area contributed by atoms with E-state index in [4.69, 9.17) is 17.3 Å². The van der Waals surface area contributed by atoms with Crippen LogP contribution in [-0.4, -0.2) is 22.8 Å². The highest BCUT2D eigenvalue weighted by Gasteiger charge is 1.99. The van der Waals surface area contributed by atoms with Crippen LogP contribution in [0.25, 0.3) is 0 Å². The molecule has 0 aromatic heterocycles. The van der Waals surface area contributed by atoms with Crippen LogP contribution < -0.4 is 11.1 Å². The van der Waals surface area contributed by atoms with E-state index in [9.17, 15) is 4.21 Å². The van der Waals surface area contributed by atoms with Gasteiger partial charge in [-0.2, -0.15) is 0 Å². The maximum Gasteiger partial charge on any atom is 0.0657 e. The Labute approximate surface area is 97.5 Å². The number of hydrogen-bond acceptors (Lipinski definition) is 3. The third kappa shape index (κ3) is 4.53. The topological polar surface area (TPSA) is 55.1 Å². The Kier molecular flexibility index (Phi) is 4.91. The first kappa shape index (κ1) is 12.3. The first-order chi connectivity index (χ1) is 7.09. The van der Waals surface area contributed by atoms with Crippen LogP contribution in [0, 0.1) is 0 Å². The van der Waals surface area contributed by atoms with E-state index >= 15 is 0 Å². The highest BCUT2D eigenvalue weighted by molar-refractivity contribution is 7.84. The summed E-state index contributed by atoms with van der Waals surface area (Å²) < 4.78 is 10.8. The van der Waals surface area contributed by atoms with Crippen molar-refractivity contribution in [2.75, 3.05) is 29.6 Å². The van der Waals surface area contributed by atoms with Crippen molar-refractivity contribution in [1.82, 2.24) is 0 Å². The molecule has 0 aliphatic carbocycles. The van der Waals surface area contributed by atoms with E-state index < -0.39 is 10.8 Å². The molecule has 1 atom stereocenters. The number of nitrogens with two attached hydrogens (primary N) is 1. The number of benzene rings is 1. The van der Waals surface area contributed by atoms with Crippen molar-refractivity contribution >= 4 is 33.8 Å². The molecule has 0 saturated heterocycles. The summed E-state index contributed by atoms with van der Waals surface area (Å²) in [5.74, 6) is 0.708. The van der Waals surface area contributed by atoms with Crippen molar-refractivity contribution in [3.05, 3.63) is 23.2 Å². The molecule has 0 amide bonds. The van der Waals surface area contributed by atoms with Crippen molar-refractivity contribution < 1.29 is 4.21 Å². The number of halogens is 1. The molecular formula is C10H15ClN2OS. The molecular weight excluding hydrogens is 232 g/mol. The Hall–Kier alpha value is -0.740.